The van der Waals surface area contributed by atoms with Gasteiger partial charge in [0.05, 0.1) is 12.6 Å². The van der Waals surface area contributed by atoms with Crippen LogP contribution in [-0.4, -0.2) is 49.6 Å². The van der Waals surface area contributed by atoms with Crippen LogP contribution in [0, 0.1) is 11.3 Å². The molecule has 2 aliphatic rings. The van der Waals surface area contributed by atoms with Crippen LogP contribution in [0.3, 0.4) is 0 Å². The lowest BCUT2D eigenvalue weighted by atomic mass is 10.3. The Balaban J connectivity index is 1.97. The summed E-state index contributed by atoms with van der Waals surface area (Å²) >= 11 is 0. The molecule has 0 bridgehead atoms. The molecule has 0 radical (unpaired) electrons. The number of hydrogen-bond donors (Lipinski definition) is 1. The van der Waals surface area contributed by atoms with Crippen molar-refractivity contribution in [3.05, 3.63) is 0 Å². The molecule has 1 saturated heterocycles. The summed E-state index contributed by atoms with van der Waals surface area (Å²) in [6.07, 6.45) is 0. The van der Waals surface area contributed by atoms with Crippen molar-refractivity contribution in [1.82, 2.24) is 10.2 Å². The zero-order valence-electron chi connectivity index (χ0n) is 7.85. The van der Waals surface area contributed by atoms with Crippen LogP contribution in [0.5, 0.6) is 0 Å². The van der Waals surface area contributed by atoms with Crippen molar-refractivity contribution in [2.75, 3.05) is 32.7 Å². The molecule has 0 spiro atoms. The lowest BCUT2D eigenvalue weighted by Crippen LogP contribution is -2.46. The lowest BCUT2D eigenvalue weighted by Gasteiger charge is -2.28. The molecule has 2 heterocycles. The molecule has 0 aromatic rings. The van der Waals surface area contributed by atoms with Crippen molar-refractivity contribution in [3.63, 3.8) is 0 Å². The molecule has 1 N–H and O–H groups in total. The summed E-state index contributed by atoms with van der Waals surface area (Å²) in [6.45, 7) is 4.18. The molecular weight excluding hydrogens is 180 g/mol. The van der Waals surface area contributed by atoms with E-state index in [9.17, 15) is 0 Å². The number of guanidine groups is 1. The fourth-order valence-electron chi connectivity index (χ4n) is 1.45. The molecule has 0 aromatic carbocycles. The highest BCUT2D eigenvalue weighted by atomic mass is 15.4. The Morgan fingerprint density at radius 1 is 1.43 bits per heavy atom. The summed E-state index contributed by atoms with van der Waals surface area (Å²) in [5, 5.41) is 19.7. The Morgan fingerprint density at radius 2 is 2.21 bits per heavy atom. The maximum Gasteiger partial charge on any atom is 0.240 e. The normalized spacial score (nSPS) is 26.9. The molecular formula is C8H12N6. The number of rotatable bonds is 0. The van der Waals surface area contributed by atoms with Gasteiger partial charge in [-0.25, -0.2) is 4.99 Å². The maximum atomic E-state index is 8.59. The van der Waals surface area contributed by atoms with Gasteiger partial charge in [-0.1, -0.05) is 0 Å². The molecule has 0 amide bonds. The highest BCUT2D eigenvalue weighted by Crippen LogP contribution is 2.05. The van der Waals surface area contributed by atoms with Gasteiger partial charge >= 0.3 is 0 Å². The molecule has 6 nitrogen and oxygen atoms in total. The first kappa shape index (κ1) is 9.09. The van der Waals surface area contributed by atoms with Crippen LogP contribution in [0.1, 0.15) is 0 Å². The maximum absolute atomic E-state index is 8.59. The lowest BCUT2D eigenvalue weighted by molar-refractivity contribution is 0.349. The van der Waals surface area contributed by atoms with Crippen molar-refractivity contribution in [3.8, 4) is 6.07 Å². The minimum atomic E-state index is -0.387. The van der Waals surface area contributed by atoms with Gasteiger partial charge in [-0.3, -0.25) is 0 Å². The van der Waals surface area contributed by atoms with Crippen molar-refractivity contribution in [2.24, 2.45) is 15.2 Å². The highest BCUT2D eigenvalue weighted by Gasteiger charge is 2.18. The number of nitriles is 1. The third-order valence-electron chi connectivity index (χ3n) is 2.24. The average molecular weight is 192 g/mol. The van der Waals surface area contributed by atoms with Crippen LogP contribution in [-0.2, 0) is 0 Å². The van der Waals surface area contributed by atoms with Crippen molar-refractivity contribution >= 4 is 5.96 Å². The van der Waals surface area contributed by atoms with Crippen molar-refractivity contribution in [2.45, 2.75) is 6.04 Å². The first-order chi connectivity index (χ1) is 6.90. The van der Waals surface area contributed by atoms with Gasteiger partial charge in [0.15, 0.2) is 6.04 Å². The number of aliphatic imine (C=N–C) groups is 1. The molecule has 2 aliphatic heterocycles. The predicted octanol–water partition coefficient (Wildman–Crippen LogP) is -0.394. The smallest absolute Gasteiger partial charge is 0.240 e. The average Bonchev–Trinajstić information content (AvgIpc) is 2.30. The Kier molecular flexibility index (Phi) is 2.70. The van der Waals surface area contributed by atoms with Crippen molar-refractivity contribution in [1.29, 1.82) is 5.26 Å². The van der Waals surface area contributed by atoms with E-state index in [2.05, 4.69) is 25.4 Å². The number of hydrogen-bond acceptors (Lipinski definition) is 6. The van der Waals surface area contributed by atoms with Crippen molar-refractivity contribution < 1.29 is 0 Å². The molecule has 0 saturated carbocycles. The molecule has 0 aromatic heterocycles. The summed E-state index contributed by atoms with van der Waals surface area (Å²) in [5.74, 6) is 0.679. The van der Waals surface area contributed by atoms with Gasteiger partial charge < -0.3 is 10.2 Å². The zero-order valence-corrected chi connectivity index (χ0v) is 7.85. The third kappa shape index (κ3) is 1.88. The van der Waals surface area contributed by atoms with E-state index in [0.717, 1.165) is 26.2 Å². The second-order valence-electron chi connectivity index (χ2n) is 3.24. The van der Waals surface area contributed by atoms with E-state index < -0.39 is 0 Å². The van der Waals surface area contributed by atoms with Crippen LogP contribution < -0.4 is 5.32 Å². The number of piperazine rings is 1. The van der Waals surface area contributed by atoms with Gasteiger partial charge in [0.1, 0.15) is 0 Å². The van der Waals surface area contributed by atoms with Crippen LogP contribution >= 0.6 is 0 Å². The minimum Gasteiger partial charge on any atom is -0.337 e. The van der Waals surface area contributed by atoms with Crippen LogP contribution in [0.25, 0.3) is 0 Å². The van der Waals surface area contributed by atoms with Gasteiger partial charge in [-0.15, -0.1) is 5.11 Å². The van der Waals surface area contributed by atoms with E-state index in [1.807, 2.05) is 6.07 Å². The molecule has 1 fully saturated rings. The quantitative estimate of drug-likeness (QED) is 0.567. The number of nitrogens with zero attached hydrogens (tertiary/aromatic N) is 5. The van der Waals surface area contributed by atoms with Crippen LogP contribution in [0.4, 0.5) is 0 Å². The molecule has 1 atom stereocenters. The summed E-state index contributed by atoms with van der Waals surface area (Å²) in [6, 6.07) is 1.64. The molecule has 6 heteroatoms. The SMILES string of the molecule is N#CC1CN=C(N2CCNCC2)N=N1. The van der Waals surface area contributed by atoms with Gasteiger partial charge in [-0.2, -0.15) is 10.4 Å². The molecule has 0 aliphatic carbocycles. The Hall–Kier alpha value is -1.48. The minimum absolute atomic E-state index is 0.387. The molecule has 1 unspecified atom stereocenters. The molecule has 2 rings (SSSR count). The van der Waals surface area contributed by atoms with Gasteiger partial charge in [-0.05, 0) is 0 Å². The summed E-state index contributed by atoms with van der Waals surface area (Å²) in [4.78, 5) is 6.33. The Labute approximate surface area is 82.3 Å². The number of nitrogens with one attached hydrogen (secondary N) is 1. The van der Waals surface area contributed by atoms with E-state index in [0.29, 0.717) is 12.5 Å². The van der Waals surface area contributed by atoms with E-state index in [4.69, 9.17) is 5.26 Å². The standard InChI is InChI=1S/C8H12N6/c9-5-7-6-11-8(13-12-7)14-3-1-10-2-4-14/h7,10H,1-4,6H2. The first-order valence-electron chi connectivity index (χ1n) is 4.71. The molecule has 74 valence electrons. The second-order valence-corrected chi connectivity index (χ2v) is 3.24. The third-order valence-corrected chi connectivity index (χ3v) is 2.24. The summed E-state index contributed by atoms with van der Waals surface area (Å²) in [5.41, 5.74) is 0. The summed E-state index contributed by atoms with van der Waals surface area (Å²) in [7, 11) is 0. The monoisotopic (exact) mass is 192 g/mol. The molecule has 14 heavy (non-hydrogen) atoms. The van der Waals surface area contributed by atoms with E-state index in [-0.39, 0.29) is 6.04 Å². The number of azo groups is 1. The Bertz CT molecular complexity index is 295. The Morgan fingerprint density at radius 3 is 2.79 bits per heavy atom. The van der Waals surface area contributed by atoms with Crippen LogP contribution in [0.2, 0.25) is 0 Å². The largest absolute Gasteiger partial charge is 0.337 e. The van der Waals surface area contributed by atoms with Crippen LogP contribution in [0.15, 0.2) is 15.2 Å². The predicted molar refractivity (Wildman–Crippen MR) is 51.0 cm³/mol. The topological polar surface area (TPSA) is 76.1 Å². The second kappa shape index (κ2) is 4.15. The summed E-state index contributed by atoms with van der Waals surface area (Å²) < 4.78 is 0. The van der Waals surface area contributed by atoms with Gasteiger partial charge in [0.25, 0.3) is 0 Å². The van der Waals surface area contributed by atoms with E-state index in [1.165, 1.54) is 0 Å². The first-order valence-corrected chi connectivity index (χ1v) is 4.71. The van der Waals surface area contributed by atoms with E-state index in [1.54, 1.807) is 0 Å². The fraction of sp³-hybridized carbons (Fsp3) is 0.750. The highest BCUT2D eigenvalue weighted by molar-refractivity contribution is 5.81. The van der Waals surface area contributed by atoms with Gasteiger partial charge in [0, 0.05) is 26.2 Å². The zero-order chi connectivity index (χ0) is 9.80. The van der Waals surface area contributed by atoms with E-state index >= 15 is 0 Å². The fourth-order valence-corrected chi connectivity index (χ4v) is 1.45. The van der Waals surface area contributed by atoms with Gasteiger partial charge in [0.2, 0.25) is 5.96 Å².